The molecule has 4 heteroatoms. The van der Waals surface area contributed by atoms with Gasteiger partial charge in [-0.3, -0.25) is 0 Å². The van der Waals surface area contributed by atoms with E-state index in [0.717, 1.165) is 37.1 Å². The van der Waals surface area contributed by atoms with Gasteiger partial charge >= 0.3 is 0 Å². The molecule has 1 aromatic rings. The van der Waals surface area contributed by atoms with Gasteiger partial charge in [0.25, 0.3) is 0 Å². The summed E-state index contributed by atoms with van der Waals surface area (Å²) in [6.07, 6.45) is 6.23. The summed E-state index contributed by atoms with van der Waals surface area (Å²) in [6.45, 7) is 5.98. The van der Waals surface area contributed by atoms with Crippen LogP contribution in [0.25, 0.3) is 0 Å². The molecule has 0 aliphatic rings. The number of phenols is 1. The molecule has 0 aliphatic heterocycles. The SMILES string of the molecule is CCCCC(CC)COC(=S)CCc1ccc(CN(C)C)cc1O. The lowest BCUT2D eigenvalue weighted by molar-refractivity contribution is 0.223. The minimum Gasteiger partial charge on any atom is -0.508 e. The number of nitrogens with zero attached hydrogens (tertiary/aromatic N) is 1. The van der Waals surface area contributed by atoms with Crippen molar-refractivity contribution in [3.05, 3.63) is 29.3 Å². The van der Waals surface area contributed by atoms with Crippen LogP contribution >= 0.6 is 12.2 Å². The van der Waals surface area contributed by atoms with Gasteiger partial charge in [-0.15, -0.1) is 0 Å². The van der Waals surface area contributed by atoms with E-state index in [9.17, 15) is 5.11 Å². The molecule has 0 saturated carbocycles. The maximum Gasteiger partial charge on any atom is 0.160 e. The van der Waals surface area contributed by atoms with Crippen LogP contribution in [-0.2, 0) is 17.7 Å². The van der Waals surface area contributed by atoms with Crippen LogP contribution in [0.1, 0.15) is 57.1 Å². The maximum atomic E-state index is 10.2. The molecule has 0 aromatic heterocycles. The van der Waals surface area contributed by atoms with Crippen molar-refractivity contribution in [2.24, 2.45) is 5.92 Å². The molecule has 1 N–H and O–H groups in total. The standard InChI is InChI=1S/C20H33NO2S/c1-5-7-8-16(6-2)15-23-20(24)12-11-18-10-9-17(13-19(18)22)14-21(3)4/h9-10,13,16,22H,5-8,11-12,14-15H2,1-4H3. The van der Waals surface area contributed by atoms with Crippen LogP contribution in [0, 0.1) is 5.92 Å². The Balaban J connectivity index is 2.41. The summed E-state index contributed by atoms with van der Waals surface area (Å²) in [5.74, 6) is 0.952. The lowest BCUT2D eigenvalue weighted by Crippen LogP contribution is -2.13. The molecule has 136 valence electrons. The highest BCUT2D eigenvalue weighted by Crippen LogP contribution is 2.21. The van der Waals surface area contributed by atoms with E-state index >= 15 is 0 Å². The largest absolute Gasteiger partial charge is 0.508 e. The Hall–Kier alpha value is -1.13. The molecule has 0 aliphatic carbocycles. The number of phenolic OH excluding ortho intramolecular Hbond substituents is 1. The Bertz CT molecular complexity index is 502. The van der Waals surface area contributed by atoms with Crippen molar-refractivity contribution in [1.82, 2.24) is 4.90 Å². The van der Waals surface area contributed by atoms with Gasteiger partial charge in [0.15, 0.2) is 5.05 Å². The van der Waals surface area contributed by atoms with E-state index in [4.69, 9.17) is 17.0 Å². The molecule has 1 atom stereocenters. The number of benzene rings is 1. The highest BCUT2D eigenvalue weighted by molar-refractivity contribution is 7.80. The third-order valence-electron chi connectivity index (χ3n) is 4.27. The minimum atomic E-state index is 0.353. The number of rotatable bonds is 11. The van der Waals surface area contributed by atoms with E-state index in [1.165, 1.54) is 19.3 Å². The average Bonchev–Trinajstić information content (AvgIpc) is 2.53. The topological polar surface area (TPSA) is 32.7 Å². The maximum absolute atomic E-state index is 10.2. The molecule has 0 radical (unpaired) electrons. The first-order valence-electron chi connectivity index (χ1n) is 9.07. The van der Waals surface area contributed by atoms with Gasteiger partial charge in [0.1, 0.15) is 5.75 Å². The van der Waals surface area contributed by atoms with Gasteiger partial charge in [0.05, 0.1) is 6.61 Å². The fourth-order valence-corrected chi connectivity index (χ4v) is 2.87. The summed E-state index contributed by atoms with van der Waals surface area (Å²) in [4.78, 5) is 2.08. The van der Waals surface area contributed by atoms with E-state index in [1.54, 1.807) is 0 Å². The molecule has 0 amide bonds. The van der Waals surface area contributed by atoms with Crippen molar-refractivity contribution < 1.29 is 9.84 Å². The number of hydrogen-bond donors (Lipinski definition) is 1. The van der Waals surface area contributed by atoms with Crippen LogP contribution in [0.4, 0.5) is 0 Å². The fraction of sp³-hybridized carbons (Fsp3) is 0.650. The number of ether oxygens (including phenoxy) is 1. The van der Waals surface area contributed by atoms with E-state index < -0.39 is 0 Å². The number of aryl methyl sites for hydroxylation is 1. The Morgan fingerprint density at radius 3 is 2.62 bits per heavy atom. The second-order valence-electron chi connectivity index (χ2n) is 6.80. The Labute approximate surface area is 153 Å². The zero-order valence-electron chi connectivity index (χ0n) is 15.7. The summed E-state index contributed by atoms with van der Waals surface area (Å²) in [6, 6.07) is 5.90. The van der Waals surface area contributed by atoms with Crippen molar-refractivity contribution in [2.45, 2.75) is 58.9 Å². The first-order valence-corrected chi connectivity index (χ1v) is 9.48. The third-order valence-corrected chi connectivity index (χ3v) is 4.59. The van der Waals surface area contributed by atoms with Crippen LogP contribution in [-0.4, -0.2) is 35.8 Å². The zero-order valence-corrected chi connectivity index (χ0v) is 16.5. The number of aromatic hydroxyl groups is 1. The zero-order chi connectivity index (χ0) is 17.9. The number of unbranched alkanes of at least 4 members (excludes halogenated alkanes) is 1. The number of thiocarbonyl (C=S) groups is 1. The average molecular weight is 352 g/mol. The Morgan fingerprint density at radius 2 is 2.04 bits per heavy atom. The van der Waals surface area contributed by atoms with E-state index in [0.29, 0.717) is 23.1 Å². The predicted molar refractivity (Wildman–Crippen MR) is 106 cm³/mol. The second-order valence-corrected chi connectivity index (χ2v) is 7.26. The molecule has 1 rings (SSSR count). The quantitative estimate of drug-likeness (QED) is 0.572. The van der Waals surface area contributed by atoms with Gasteiger partial charge < -0.3 is 14.7 Å². The lowest BCUT2D eigenvalue weighted by Gasteiger charge is -2.16. The van der Waals surface area contributed by atoms with Crippen molar-refractivity contribution in [1.29, 1.82) is 0 Å². The molecular formula is C20H33NO2S. The lowest BCUT2D eigenvalue weighted by atomic mass is 10.0. The first-order chi connectivity index (χ1) is 11.5. The van der Waals surface area contributed by atoms with Crippen LogP contribution in [0.5, 0.6) is 5.75 Å². The molecular weight excluding hydrogens is 318 g/mol. The van der Waals surface area contributed by atoms with Crippen molar-refractivity contribution in [3.8, 4) is 5.75 Å². The molecule has 0 saturated heterocycles. The second kappa shape index (κ2) is 11.4. The van der Waals surface area contributed by atoms with Gasteiger partial charge in [0, 0.05) is 13.0 Å². The predicted octanol–water partition coefficient (Wildman–Crippen LogP) is 4.95. The van der Waals surface area contributed by atoms with Gasteiger partial charge in [-0.1, -0.05) is 45.2 Å². The Kier molecular flexibility index (Phi) is 9.96. The molecule has 3 nitrogen and oxygen atoms in total. The monoisotopic (exact) mass is 351 g/mol. The molecule has 0 spiro atoms. The molecule has 1 unspecified atom stereocenters. The van der Waals surface area contributed by atoms with Crippen molar-refractivity contribution >= 4 is 17.3 Å². The van der Waals surface area contributed by atoms with E-state index in [2.05, 4.69) is 24.8 Å². The van der Waals surface area contributed by atoms with Gasteiger partial charge in [-0.25, -0.2) is 0 Å². The fourth-order valence-electron chi connectivity index (χ4n) is 2.70. The molecule has 24 heavy (non-hydrogen) atoms. The van der Waals surface area contributed by atoms with Crippen LogP contribution in [0.2, 0.25) is 0 Å². The smallest absolute Gasteiger partial charge is 0.160 e. The minimum absolute atomic E-state index is 0.353. The summed E-state index contributed by atoms with van der Waals surface area (Å²) in [5, 5.41) is 10.8. The van der Waals surface area contributed by atoms with Crippen molar-refractivity contribution in [2.75, 3.05) is 20.7 Å². The molecule has 0 heterocycles. The van der Waals surface area contributed by atoms with Crippen LogP contribution in [0.15, 0.2) is 18.2 Å². The van der Waals surface area contributed by atoms with Gasteiger partial charge in [-0.05, 0) is 62.3 Å². The molecule has 0 bridgehead atoms. The molecule has 0 fully saturated rings. The van der Waals surface area contributed by atoms with Crippen LogP contribution in [0.3, 0.4) is 0 Å². The first kappa shape index (κ1) is 20.9. The number of hydrogen-bond acceptors (Lipinski definition) is 4. The highest BCUT2D eigenvalue weighted by Gasteiger charge is 2.10. The summed E-state index contributed by atoms with van der Waals surface area (Å²) in [7, 11) is 4.04. The Morgan fingerprint density at radius 1 is 1.29 bits per heavy atom. The van der Waals surface area contributed by atoms with E-state index in [1.807, 2.05) is 26.2 Å². The normalized spacial score (nSPS) is 12.4. The van der Waals surface area contributed by atoms with Crippen molar-refractivity contribution in [3.63, 3.8) is 0 Å². The van der Waals surface area contributed by atoms with Crippen LogP contribution < -0.4 is 0 Å². The summed E-state index contributed by atoms with van der Waals surface area (Å²) in [5.41, 5.74) is 2.04. The molecule has 1 aromatic carbocycles. The summed E-state index contributed by atoms with van der Waals surface area (Å²) >= 11 is 5.35. The summed E-state index contributed by atoms with van der Waals surface area (Å²) < 4.78 is 5.77. The van der Waals surface area contributed by atoms with Gasteiger partial charge in [-0.2, -0.15) is 0 Å². The third kappa shape index (κ3) is 8.11. The highest BCUT2D eigenvalue weighted by atomic mass is 32.1. The van der Waals surface area contributed by atoms with Gasteiger partial charge in [0.2, 0.25) is 0 Å². The van der Waals surface area contributed by atoms with E-state index in [-0.39, 0.29) is 0 Å².